The predicted octanol–water partition coefficient (Wildman–Crippen LogP) is 0.677. The van der Waals surface area contributed by atoms with Gasteiger partial charge < -0.3 is 9.47 Å². The van der Waals surface area contributed by atoms with Crippen molar-refractivity contribution in [3.05, 3.63) is 23.4 Å². The Labute approximate surface area is 87.3 Å². The van der Waals surface area contributed by atoms with Gasteiger partial charge in [-0.05, 0) is 6.07 Å². The Bertz CT molecular complexity index is 410. The number of hydrogen-bond donors (Lipinski definition) is 0. The fourth-order valence-electron chi connectivity index (χ4n) is 1.04. The van der Waals surface area contributed by atoms with Gasteiger partial charge >= 0.3 is 5.97 Å². The molecule has 1 rings (SSSR count). The van der Waals surface area contributed by atoms with Gasteiger partial charge in [0.1, 0.15) is 0 Å². The molecule has 0 fully saturated rings. The van der Waals surface area contributed by atoms with Crippen LogP contribution in [0.5, 0.6) is 5.88 Å². The quantitative estimate of drug-likeness (QED) is 0.680. The molecule has 1 aromatic rings. The number of carbonyl (C=O) groups excluding carboxylic acids is 1. The normalized spacial score (nSPS) is 9.13. The Kier molecular flexibility index (Phi) is 3.63. The molecule has 0 aliphatic carbocycles. The first-order valence-corrected chi connectivity index (χ1v) is 4.21. The lowest BCUT2D eigenvalue weighted by atomic mass is 10.2. The summed E-state index contributed by atoms with van der Waals surface area (Å²) in [6.07, 6.45) is 0.0301. The van der Waals surface area contributed by atoms with Crippen LogP contribution in [0.25, 0.3) is 0 Å². The average molecular weight is 206 g/mol. The van der Waals surface area contributed by atoms with Crippen LogP contribution < -0.4 is 4.74 Å². The summed E-state index contributed by atoms with van der Waals surface area (Å²) in [5.41, 5.74) is 0.860. The van der Waals surface area contributed by atoms with Crippen molar-refractivity contribution in [2.45, 2.75) is 6.42 Å². The van der Waals surface area contributed by atoms with Crippen LogP contribution >= 0.6 is 0 Å². The molecule has 0 unspecified atom stereocenters. The number of pyridine rings is 1. The third kappa shape index (κ3) is 2.95. The van der Waals surface area contributed by atoms with E-state index in [1.165, 1.54) is 26.4 Å². The van der Waals surface area contributed by atoms with Crippen LogP contribution in [0.4, 0.5) is 0 Å². The largest absolute Gasteiger partial charge is 0.481 e. The third-order valence-corrected chi connectivity index (χ3v) is 1.75. The molecule has 0 bridgehead atoms. The number of ether oxygens (including phenoxy) is 2. The second-order valence-electron chi connectivity index (χ2n) is 2.75. The maximum Gasteiger partial charge on any atom is 0.311 e. The SMILES string of the molecule is COC(=O)Cc1cc(C#N)cc(OC)n1. The zero-order valence-corrected chi connectivity index (χ0v) is 8.48. The first-order valence-electron chi connectivity index (χ1n) is 4.21. The molecule has 5 heteroatoms. The number of methoxy groups -OCH3 is 2. The van der Waals surface area contributed by atoms with Gasteiger partial charge in [-0.15, -0.1) is 0 Å². The Morgan fingerprint density at radius 2 is 2.27 bits per heavy atom. The van der Waals surface area contributed by atoms with Gasteiger partial charge in [-0.25, -0.2) is 4.98 Å². The van der Waals surface area contributed by atoms with Gasteiger partial charge in [0.15, 0.2) is 0 Å². The topological polar surface area (TPSA) is 72.2 Å². The lowest BCUT2D eigenvalue weighted by molar-refractivity contribution is -0.139. The van der Waals surface area contributed by atoms with E-state index in [0.717, 1.165) is 0 Å². The Morgan fingerprint density at radius 1 is 1.53 bits per heavy atom. The summed E-state index contributed by atoms with van der Waals surface area (Å²) >= 11 is 0. The van der Waals surface area contributed by atoms with Gasteiger partial charge in [-0.1, -0.05) is 0 Å². The molecule has 0 N–H and O–H groups in total. The highest BCUT2D eigenvalue weighted by Crippen LogP contribution is 2.12. The van der Waals surface area contributed by atoms with Crippen LogP contribution in [-0.2, 0) is 16.0 Å². The van der Waals surface area contributed by atoms with Crippen LogP contribution in [-0.4, -0.2) is 25.2 Å². The molecule has 0 aliphatic rings. The first kappa shape index (κ1) is 11.0. The summed E-state index contributed by atoms with van der Waals surface area (Å²) in [5, 5.41) is 8.72. The van der Waals surface area contributed by atoms with Crippen molar-refractivity contribution >= 4 is 5.97 Å². The molecule has 0 saturated carbocycles. The van der Waals surface area contributed by atoms with E-state index in [9.17, 15) is 4.79 Å². The van der Waals surface area contributed by atoms with E-state index in [1.807, 2.05) is 6.07 Å². The minimum absolute atomic E-state index is 0.0301. The maximum atomic E-state index is 11.0. The van der Waals surface area contributed by atoms with E-state index >= 15 is 0 Å². The number of rotatable bonds is 3. The van der Waals surface area contributed by atoms with Gasteiger partial charge in [-0.3, -0.25) is 4.79 Å². The average Bonchev–Trinajstić information content (AvgIpc) is 2.28. The van der Waals surface area contributed by atoms with Crippen LogP contribution in [0.15, 0.2) is 12.1 Å². The minimum Gasteiger partial charge on any atom is -0.481 e. The predicted molar refractivity (Wildman–Crippen MR) is 51.2 cm³/mol. The van der Waals surface area contributed by atoms with E-state index in [1.54, 1.807) is 0 Å². The Morgan fingerprint density at radius 3 is 2.80 bits per heavy atom. The van der Waals surface area contributed by atoms with Crippen LogP contribution in [0.2, 0.25) is 0 Å². The zero-order valence-electron chi connectivity index (χ0n) is 8.48. The third-order valence-electron chi connectivity index (χ3n) is 1.75. The Balaban J connectivity index is 2.98. The summed E-state index contributed by atoms with van der Waals surface area (Å²) < 4.78 is 9.40. The van der Waals surface area contributed by atoms with Gasteiger partial charge in [0.05, 0.1) is 38.0 Å². The van der Waals surface area contributed by atoms with Crippen molar-refractivity contribution in [3.8, 4) is 11.9 Å². The molecule has 0 radical (unpaired) electrons. The van der Waals surface area contributed by atoms with E-state index in [4.69, 9.17) is 10.00 Å². The maximum absolute atomic E-state index is 11.0. The standard InChI is InChI=1S/C10H10N2O3/c1-14-9-4-7(6-11)3-8(12-9)5-10(13)15-2/h3-4H,5H2,1-2H3. The van der Waals surface area contributed by atoms with Crippen LogP contribution in [0.1, 0.15) is 11.3 Å². The second kappa shape index (κ2) is 4.96. The van der Waals surface area contributed by atoms with Crippen molar-refractivity contribution in [2.75, 3.05) is 14.2 Å². The molecule has 0 aromatic carbocycles. The number of nitrogens with zero attached hydrogens (tertiary/aromatic N) is 2. The van der Waals surface area contributed by atoms with Crippen LogP contribution in [0.3, 0.4) is 0 Å². The summed E-state index contributed by atoms with van der Waals surface area (Å²) in [6, 6.07) is 4.99. The van der Waals surface area contributed by atoms with Crippen molar-refractivity contribution in [1.82, 2.24) is 4.98 Å². The number of hydrogen-bond acceptors (Lipinski definition) is 5. The van der Waals surface area contributed by atoms with Gasteiger partial charge in [-0.2, -0.15) is 5.26 Å². The molecule has 0 spiro atoms. The molecule has 0 aliphatic heterocycles. The summed E-state index contributed by atoms with van der Waals surface area (Å²) in [5.74, 6) is -0.0902. The summed E-state index contributed by atoms with van der Waals surface area (Å²) in [7, 11) is 2.75. The number of esters is 1. The van der Waals surface area contributed by atoms with Gasteiger partial charge in [0.2, 0.25) is 5.88 Å². The summed E-state index contributed by atoms with van der Waals surface area (Å²) in [6.45, 7) is 0. The monoisotopic (exact) mass is 206 g/mol. The molecule has 5 nitrogen and oxygen atoms in total. The molecule has 1 aromatic heterocycles. The molecule has 1 heterocycles. The number of nitriles is 1. The molecule has 0 atom stereocenters. The van der Waals surface area contributed by atoms with Crippen molar-refractivity contribution < 1.29 is 14.3 Å². The molecule has 78 valence electrons. The number of aromatic nitrogens is 1. The smallest absolute Gasteiger partial charge is 0.311 e. The highest BCUT2D eigenvalue weighted by atomic mass is 16.5. The molecular formula is C10H10N2O3. The molecule has 0 saturated heterocycles. The highest BCUT2D eigenvalue weighted by molar-refractivity contribution is 5.72. The fourth-order valence-corrected chi connectivity index (χ4v) is 1.04. The fraction of sp³-hybridized carbons (Fsp3) is 0.300. The number of carbonyl (C=O) groups is 1. The summed E-state index contributed by atoms with van der Waals surface area (Å²) in [4.78, 5) is 15.0. The van der Waals surface area contributed by atoms with E-state index in [2.05, 4.69) is 9.72 Å². The Hall–Kier alpha value is -2.09. The van der Waals surface area contributed by atoms with E-state index < -0.39 is 5.97 Å². The lowest BCUT2D eigenvalue weighted by Crippen LogP contribution is -2.07. The van der Waals surface area contributed by atoms with Gasteiger partial charge in [0, 0.05) is 6.07 Å². The van der Waals surface area contributed by atoms with Crippen molar-refractivity contribution in [3.63, 3.8) is 0 Å². The molecular weight excluding hydrogens is 196 g/mol. The van der Waals surface area contributed by atoms with Crippen molar-refractivity contribution in [1.29, 1.82) is 5.26 Å². The molecule has 15 heavy (non-hydrogen) atoms. The van der Waals surface area contributed by atoms with Crippen molar-refractivity contribution in [2.24, 2.45) is 0 Å². The van der Waals surface area contributed by atoms with Gasteiger partial charge in [0.25, 0.3) is 0 Å². The van der Waals surface area contributed by atoms with Crippen LogP contribution in [0, 0.1) is 11.3 Å². The lowest BCUT2D eigenvalue weighted by Gasteiger charge is -2.03. The second-order valence-corrected chi connectivity index (χ2v) is 2.75. The molecule has 0 amide bonds. The van der Waals surface area contributed by atoms with E-state index in [0.29, 0.717) is 17.1 Å². The minimum atomic E-state index is -0.403. The highest BCUT2D eigenvalue weighted by Gasteiger charge is 2.07. The zero-order chi connectivity index (χ0) is 11.3. The van der Waals surface area contributed by atoms with E-state index in [-0.39, 0.29) is 6.42 Å². The first-order chi connectivity index (χ1) is 7.19.